The molecule has 28 heavy (non-hydrogen) atoms. The van der Waals surface area contributed by atoms with E-state index in [1.54, 1.807) is 0 Å². The molecular formula is C21H41IN4O2. The number of ether oxygens (including phenoxy) is 1. The van der Waals surface area contributed by atoms with E-state index in [-0.39, 0.29) is 24.0 Å². The summed E-state index contributed by atoms with van der Waals surface area (Å²) in [5, 5.41) is 17.6. The van der Waals surface area contributed by atoms with Gasteiger partial charge >= 0.3 is 0 Å². The Kier molecular flexibility index (Phi) is 10.8. The quantitative estimate of drug-likeness (QED) is 0.293. The fraction of sp³-hybridized carbons (Fsp3) is 0.952. The van der Waals surface area contributed by atoms with Gasteiger partial charge in [-0.2, -0.15) is 0 Å². The third-order valence-corrected chi connectivity index (χ3v) is 6.47. The molecule has 0 unspecified atom stereocenters. The van der Waals surface area contributed by atoms with Gasteiger partial charge in [0, 0.05) is 58.3 Å². The number of nitrogens with zero attached hydrogens (tertiary/aromatic N) is 2. The molecule has 1 saturated carbocycles. The second kappa shape index (κ2) is 12.5. The zero-order valence-electron chi connectivity index (χ0n) is 17.6. The van der Waals surface area contributed by atoms with Crippen molar-refractivity contribution in [2.24, 2.45) is 10.9 Å². The highest BCUT2D eigenvalue weighted by Gasteiger charge is 2.30. The highest BCUT2D eigenvalue weighted by Crippen LogP contribution is 2.25. The predicted octanol–water partition coefficient (Wildman–Crippen LogP) is 2.75. The first-order valence-electron chi connectivity index (χ1n) is 11.2. The summed E-state index contributed by atoms with van der Waals surface area (Å²) >= 11 is 0. The summed E-state index contributed by atoms with van der Waals surface area (Å²) < 4.78 is 5.36. The minimum absolute atomic E-state index is 0. The lowest BCUT2D eigenvalue weighted by Gasteiger charge is -2.36. The minimum atomic E-state index is -0.704. The number of rotatable bonds is 6. The third-order valence-electron chi connectivity index (χ3n) is 6.47. The van der Waals surface area contributed by atoms with Crippen molar-refractivity contribution in [3.05, 3.63) is 0 Å². The lowest BCUT2D eigenvalue weighted by molar-refractivity contribution is -0.0566. The van der Waals surface area contributed by atoms with Crippen LogP contribution in [-0.2, 0) is 4.74 Å². The molecule has 3 rings (SSSR count). The van der Waals surface area contributed by atoms with Gasteiger partial charge in [-0.15, -0.1) is 24.0 Å². The van der Waals surface area contributed by atoms with E-state index in [1.165, 1.54) is 64.6 Å². The lowest BCUT2D eigenvalue weighted by Crippen LogP contribution is -2.50. The Balaban J connectivity index is 0.00000280. The van der Waals surface area contributed by atoms with Gasteiger partial charge in [0.2, 0.25) is 0 Å². The highest BCUT2D eigenvalue weighted by molar-refractivity contribution is 14.0. The smallest absolute Gasteiger partial charge is 0.191 e. The average Bonchev–Trinajstić information content (AvgIpc) is 2.69. The highest BCUT2D eigenvalue weighted by atomic mass is 127. The van der Waals surface area contributed by atoms with Crippen molar-refractivity contribution in [1.82, 2.24) is 15.5 Å². The van der Waals surface area contributed by atoms with Crippen molar-refractivity contribution < 1.29 is 9.84 Å². The molecular weight excluding hydrogens is 467 g/mol. The van der Waals surface area contributed by atoms with Gasteiger partial charge in [-0.25, -0.2) is 0 Å². The van der Waals surface area contributed by atoms with E-state index in [2.05, 4.69) is 22.5 Å². The Morgan fingerprint density at radius 3 is 2.43 bits per heavy atom. The van der Waals surface area contributed by atoms with Gasteiger partial charge in [-0.3, -0.25) is 4.99 Å². The van der Waals surface area contributed by atoms with Gasteiger partial charge in [-0.05, 0) is 38.5 Å². The standard InChI is InChI=1S/C21H40N4O2.HI/c1-2-22-20(23-17-21(26)10-14-27-15-11-21)24-19-8-12-25(13-9-19)16-18-6-4-3-5-7-18;/h18-19,26H,2-17H2,1H3,(H2,22,23,24);1H. The largest absolute Gasteiger partial charge is 0.388 e. The first-order chi connectivity index (χ1) is 13.2. The summed E-state index contributed by atoms with van der Waals surface area (Å²) in [6, 6.07) is 0.481. The summed E-state index contributed by atoms with van der Waals surface area (Å²) in [6.45, 7) is 8.33. The van der Waals surface area contributed by atoms with E-state index in [0.29, 0.717) is 38.6 Å². The normalized spacial score (nSPS) is 25.1. The predicted molar refractivity (Wildman–Crippen MR) is 126 cm³/mol. The zero-order valence-corrected chi connectivity index (χ0v) is 20.0. The fourth-order valence-electron chi connectivity index (χ4n) is 4.64. The van der Waals surface area contributed by atoms with Crippen LogP contribution in [0.15, 0.2) is 4.99 Å². The van der Waals surface area contributed by atoms with E-state index < -0.39 is 5.60 Å². The molecule has 0 radical (unpaired) electrons. The monoisotopic (exact) mass is 508 g/mol. The van der Waals surface area contributed by atoms with Gasteiger partial charge < -0.3 is 25.4 Å². The number of hydrogen-bond donors (Lipinski definition) is 3. The summed E-state index contributed by atoms with van der Waals surface area (Å²) in [7, 11) is 0. The molecule has 0 amide bonds. The van der Waals surface area contributed by atoms with Crippen LogP contribution in [0.4, 0.5) is 0 Å². The molecule has 0 atom stereocenters. The van der Waals surface area contributed by atoms with E-state index >= 15 is 0 Å². The number of piperidine rings is 1. The Morgan fingerprint density at radius 1 is 1.11 bits per heavy atom. The second-order valence-corrected chi connectivity index (χ2v) is 8.76. The molecule has 6 nitrogen and oxygen atoms in total. The van der Waals surface area contributed by atoms with Crippen molar-refractivity contribution >= 4 is 29.9 Å². The number of aliphatic imine (C=N–C) groups is 1. The van der Waals surface area contributed by atoms with Gasteiger partial charge in [0.05, 0.1) is 12.1 Å². The van der Waals surface area contributed by atoms with Crippen LogP contribution in [0.5, 0.6) is 0 Å². The summed E-state index contributed by atoms with van der Waals surface area (Å²) in [5.74, 6) is 1.78. The Morgan fingerprint density at radius 2 is 1.79 bits per heavy atom. The molecule has 0 aromatic heterocycles. The first-order valence-corrected chi connectivity index (χ1v) is 11.2. The molecule has 1 aliphatic carbocycles. The minimum Gasteiger partial charge on any atom is -0.388 e. The molecule has 2 saturated heterocycles. The lowest BCUT2D eigenvalue weighted by atomic mass is 9.88. The Bertz CT molecular complexity index is 457. The molecule has 0 aromatic rings. The molecule has 3 N–H and O–H groups in total. The maximum Gasteiger partial charge on any atom is 0.191 e. The number of aliphatic hydroxyl groups is 1. The molecule has 7 heteroatoms. The number of hydrogen-bond acceptors (Lipinski definition) is 4. The number of guanidine groups is 1. The Labute approximate surface area is 188 Å². The molecule has 2 heterocycles. The van der Waals surface area contributed by atoms with Crippen LogP contribution in [0, 0.1) is 5.92 Å². The molecule has 0 spiro atoms. The summed E-state index contributed by atoms with van der Waals surface area (Å²) in [5.41, 5.74) is -0.704. The SMILES string of the molecule is CCNC(=NCC1(O)CCOCC1)NC1CCN(CC2CCCCC2)CC1.I. The molecule has 0 aromatic carbocycles. The van der Waals surface area contributed by atoms with E-state index in [0.717, 1.165) is 18.4 Å². The van der Waals surface area contributed by atoms with Crippen LogP contribution < -0.4 is 10.6 Å². The molecule has 2 aliphatic heterocycles. The average molecular weight is 508 g/mol. The van der Waals surface area contributed by atoms with Gasteiger partial charge in [0.15, 0.2) is 5.96 Å². The second-order valence-electron chi connectivity index (χ2n) is 8.76. The number of halogens is 1. The fourth-order valence-corrected chi connectivity index (χ4v) is 4.64. The van der Waals surface area contributed by atoms with Crippen molar-refractivity contribution in [3.8, 4) is 0 Å². The Hall–Kier alpha value is -0.120. The maximum absolute atomic E-state index is 10.6. The molecule has 3 fully saturated rings. The van der Waals surface area contributed by atoms with E-state index in [1.807, 2.05) is 0 Å². The number of nitrogens with one attached hydrogen (secondary N) is 2. The van der Waals surface area contributed by atoms with Crippen LogP contribution in [-0.4, -0.2) is 73.5 Å². The van der Waals surface area contributed by atoms with E-state index in [9.17, 15) is 5.11 Å². The first kappa shape index (κ1) is 24.2. The van der Waals surface area contributed by atoms with Gasteiger partial charge in [0.1, 0.15) is 0 Å². The van der Waals surface area contributed by atoms with Crippen LogP contribution >= 0.6 is 24.0 Å². The van der Waals surface area contributed by atoms with Crippen molar-refractivity contribution in [3.63, 3.8) is 0 Å². The van der Waals surface area contributed by atoms with Crippen LogP contribution in [0.3, 0.4) is 0 Å². The summed E-state index contributed by atoms with van der Waals surface area (Å²) in [4.78, 5) is 7.36. The maximum atomic E-state index is 10.6. The van der Waals surface area contributed by atoms with E-state index in [4.69, 9.17) is 9.73 Å². The zero-order chi connectivity index (χ0) is 19.0. The van der Waals surface area contributed by atoms with Crippen molar-refractivity contribution in [2.45, 2.75) is 76.4 Å². The topological polar surface area (TPSA) is 69.1 Å². The van der Waals surface area contributed by atoms with Crippen LogP contribution in [0.25, 0.3) is 0 Å². The van der Waals surface area contributed by atoms with Crippen LogP contribution in [0.1, 0.15) is 64.7 Å². The number of likely N-dealkylation sites (tertiary alicyclic amines) is 1. The molecule has 164 valence electrons. The van der Waals surface area contributed by atoms with Crippen molar-refractivity contribution in [1.29, 1.82) is 0 Å². The molecule has 0 bridgehead atoms. The van der Waals surface area contributed by atoms with Crippen molar-refractivity contribution in [2.75, 3.05) is 45.9 Å². The molecule has 3 aliphatic rings. The third kappa shape index (κ3) is 7.95. The van der Waals surface area contributed by atoms with Crippen LogP contribution in [0.2, 0.25) is 0 Å². The van der Waals surface area contributed by atoms with Gasteiger partial charge in [-0.1, -0.05) is 19.3 Å². The summed E-state index contributed by atoms with van der Waals surface area (Å²) in [6.07, 6.45) is 10.9. The van der Waals surface area contributed by atoms with Gasteiger partial charge in [0.25, 0.3) is 0 Å².